The fraction of sp³-hybridized carbons (Fsp3) is 0.393. The highest BCUT2D eigenvalue weighted by atomic mass is 16.2. The molecule has 36 heavy (non-hydrogen) atoms. The topological polar surface area (TPSA) is 96.8 Å². The fourth-order valence-electron chi connectivity index (χ4n) is 4.81. The summed E-state index contributed by atoms with van der Waals surface area (Å²) < 4.78 is 1.68. The number of amides is 1. The third-order valence-electron chi connectivity index (χ3n) is 7.07. The third-order valence-corrected chi connectivity index (χ3v) is 7.07. The van der Waals surface area contributed by atoms with Crippen molar-refractivity contribution in [2.75, 3.05) is 13.1 Å². The summed E-state index contributed by atoms with van der Waals surface area (Å²) in [4.78, 5) is 35.7. The molecule has 1 aliphatic rings. The molecule has 1 saturated heterocycles. The van der Waals surface area contributed by atoms with Gasteiger partial charge in [0.2, 0.25) is 0 Å². The molecule has 1 amide bonds. The van der Waals surface area contributed by atoms with E-state index in [4.69, 9.17) is 4.98 Å². The maximum atomic E-state index is 13.3. The van der Waals surface area contributed by atoms with Crippen molar-refractivity contribution in [2.45, 2.75) is 58.4 Å². The Kier molecular flexibility index (Phi) is 6.20. The molecule has 0 unspecified atom stereocenters. The molecule has 8 heteroatoms. The van der Waals surface area contributed by atoms with E-state index in [1.54, 1.807) is 4.68 Å². The highest BCUT2D eigenvalue weighted by Gasteiger charge is 2.28. The lowest BCUT2D eigenvalue weighted by molar-refractivity contribution is 0.0704. The van der Waals surface area contributed by atoms with Crippen LogP contribution in [0, 0.1) is 6.92 Å². The highest BCUT2D eigenvalue weighted by Crippen LogP contribution is 2.27. The van der Waals surface area contributed by atoms with Gasteiger partial charge in [-0.05, 0) is 54.0 Å². The van der Waals surface area contributed by atoms with Crippen molar-refractivity contribution in [3.63, 3.8) is 0 Å². The third kappa shape index (κ3) is 4.67. The molecular weight excluding hydrogens is 452 g/mol. The van der Waals surface area contributed by atoms with Gasteiger partial charge in [0.25, 0.3) is 11.5 Å². The summed E-state index contributed by atoms with van der Waals surface area (Å²) >= 11 is 0. The smallest absolute Gasteiger partial charge is 0.281 e. The molecule has 1 N–H and O–H groups in total. The van der Waals surface area contributed by atoms with Gasteiger partial charge in [0.1, 0.15) is 5.82 Å². The second-order valence-electron chi connectivity index (χ2n) is 10.7. The molecule has 0 saturated carbocycles. The number of carbonyl (C=O) groups is 1. The molecular formula is C28H32N6O2. The Bertz CT molecular complexity index is 1460. The number of aryl methyl sites for hydroxylation is 1. The van der Waals surface area contributed by atoms with Gasteiger partial charge < -0.3 is 9.88 Å². The van der Waals surface area contributed by atoms with Crippen LogP contribution in [0.15, 0.2) is 53.3 Å². The number of hydrogen-bond acceptors (Lipinski definition) is 5. The molecule has 3 heterocycles. The summed E-state index contributed by atoms with van der Waals surface area (Å²) in [7, 11) is 0. The Balaban J connectivity index is 1.39. The number of nitrogens with one attached hydrogen (secondary N) is 1. The maximum absolute atomic E-state index is 13.3. The van der Waals surface area contributed by atoms with E-state index in [0.29, 0.717) is 36.7 Å². The Morgan fingerprint density at radius 3 is 2.58 bits per heavy atom. The van der Waals surface area contributed by atoms with Gasteiger partial charge in [0.05, 0.1) is 6.54 Å². The number of fused-ring (bicyclic) bond motifs is 1. The van der Waals surface area contributed by atoms with E-state index in [1.807, 2.05) is 60.4 Å². The summed E-state index contributed by atoms with van der Waals surface area (Å²) in [5, 5.41) is 8.29. The first-order valence-corrected chi connectivity index (χ1v) is 12.5. The Morgan fingerprint density at radius 1 is 1.11 bits per heavy atom. The molecule has 1 aliphatic heterocycles. The number of aromatic nitrogens is 5. The number of hydrogen-bond donors (Lipinski definition) is 1. The van der Waals surface area contributed by atoms with Gasteiger partial charge in [-0.1, -0.05) is 62.4 Å². The van der Waals surface area contributed by atoms with Crippen molar-refractivity contribution in [3.05, 3.63) is 87.0 Å². The van der Waals surface area contributed by atoms with E-state index in [0.717, 1.165) is 24.0 Å². The van der Waals surface area contributed by atoms with Gasteiger partial charge in [-0.2, -0.15) is 0 Å². The lowest BCUT2D eigenvalue weighted by Crippen LogP contribution is -2.40. The van der Waals surface area contributed by atoms with E-state index in [9.17, 15) is 9.59 Å². The van der Waals surface area contributed by atoms with Crippen LogP contribution >= 0.6 is 0 Å². The van der Waals surface area contributed by atoms with Crippen LogP contribution in [0.25, 0.3) is 11.2 Å². The summed E-state index contributed by atoms with van der Waals surface area (Å²) in [6.07, 6.45) is 1.69. The van der Waals surface area contributed by atoms with Crippen molar-refractivity contribution in [1.82, 2.24) is 29.9 Å². The summed E-state index contributed by atoms with van der Waals surface area (Å²) in [6, 6.07) is 15.9. The lowest BCUT2D eigenvalue weighted by atomic mass is 9.86. The van der Waals surface area contributed by atoms with Crippen molar-refractivity contribution >= 4 is 17.1 Å². The Morgan fingerprint density at radius 2 is 1.86 bits per heavy atom. The SMILES string of the molecule is Cc1ccccc1Cn1nnc2c(=O)[nH]c([C@H]3CCCN(C(=O)c4ccc(C(C)(C)C)cc4)C3)nc21. The molecule has 186 valence electrons. The van der Waals surface area contributed by atoms with E-state index >= 15 is 0 Å². The molecule has 1 fully saturated rings. The molecule has 8 nitrogen and oxygen atoms in total. The number of benzene rings is 2. The largest absolute Gasteiger partial charge is 0.338 e. The van der Waals surface area contributed by atoms with Crippen LogP contribution < -0.4 is 5.56 Å². The molecule has 2 aromatic heterocycles. The molecule has 0 bridgehead atoms. The average molecular weight is 485 g/mol. The number of carbonyl (C=O) groups excluding carboxylic acids is 1. The van der Waals surface area contributed by atoms with Crippen LogP contribution in [0.3, 0.4) is 0 Å². The summed E-state index contributed by atoms with van der Waals surface area (Å²) in [5.41, 5.74) is 4.56. The van der Waals surface area contributed by atoms with Gasteiger partial charge in [-0.3, -0.25) is 9.59 Å². The molecule has 5 rings (SSSR count). The summed E-state index contributed by atoms with van der Waals surface area (Å²) in [6.45, 7) is 10.2. The van der Waals surface area contributed by atoms with E-state index in [-0.39, 0.29) is 28.3 Å². The van der Waals surface area contributed by atoms with E-state index in [1.165, 1.54) is 5.56 Å². The van der Waals surface area contributed by atoms with E-state index < -0.39 is 0 Å². The zero-order chi connectivity index (χ0) is 25.4. The average Bonchev–Trinajstić information content (AvgIpc) is 3.28. The molecule has 1 atom stereocenters. The normalized spacial score (nSPS) is 16.4. The number of rotatable bonds is 4. The van der Waals surface area contributed by atoms with Gasteiger partial charge >= 0.3 is 0 Å². The van der Waals surface area contributed by atoms with Crippen molar-refractivity contribution < 1.29 is 4.79 Å². The molecule has 0 radical (unpaired) electrons. The van der Waals surface area contributed by atoms with Crippen molar-refractivity contribution in [1.29, 1.82) is 0 Å². The van der Waals surface area contributed by atoms with Gasteiger partial charge in [0, 0.05) is 24.6 Å². The Hall–Kier alpha value is -3.81. The molecule has 2 aromatic carbocycles. The minimum atomic E-state index is -0.299. The van der Waals surface area contributed by atoms with Crippen LogP contribution in [0.5, 0.6) is 0 Å². The zero-order valence-electron chi connectivity index (χ0n) is 21.3. The number of H-pyrrole nitrogens is 1. The van der Waals surface area contributed by atoms with Crippen LogP contribution in [-0.2, 0) is 12.0 Å². The monoisotopic (exact) mass is 484 g/mol. The zero-order valence-corrected chi connectivity index (χ0v) is 21.3. The number of piperidine rings is 1. The number of nitrogens with zero attached hydrogens (tertiary/aromatic N) is 5. The Labute approximate surface area is 210 Å². The molecule has 0 spiro atoms. The van der Waals surface area contributed by atoms with Crippen molar-refractivity contribution in [2.24, 2.45) is 0 Å². The van der Waals surface area contributed by atoms with Gasteiger partial charge in [-0.15, -0.1) is 5.10 Å². The van der Waals surface area contributed by atoms with Crippen LogP contribution in [0.2, 0.25) is 0 Å². The van der Waals surface area contributed by atoms with Crippen molar-refractivity contribution in [3.8, 4) is 0 Å². The highest BCUT2D eigenvalue weighted by molar-refractivity contribution is 5.94. The maximum Gasteiger partial charge on any atom is 0.281 e. The van der Waals surface area contributed by atoms with Crippen LogP contribution in [0.4, 0.5) is 0 Å². The van der Waals surface area contributed by atoms with E-state index in [2.05, 4.69) is 36.1 Å². The first kappa shape index (κ1) is 23.9. The quantitative estimate of drug-likeness (QED) is 0.469. The predicted octanol–water partition coefficient (Wildman–Crippen LogP) is 4.19. The molecule has 4 aromatic rings. The second kappa shape index (κ2) is 9.33. The van der Waals surface area contributed by atoms with Crippen LogP contribution in [-0.4, -0.2) is 48.9 Å². The number of aromatic amines is 1. The first-order chi connectivity index (χ1) is 17.2. The minimum Gasteiger partial charge on any atom is -0.338 e. The fourth-order valence-corrected chi connectivity index (χ4v) is 4.81. The molecule has 0 aliphatic carbocycles. The predicted molar refractivity (Wildman–Crippen MR) is 139 cm³/mol. The van der Waals surface area contributed by atoms with Gasteiger partial charge in [-0.25, -0.2) is 9.67 Å². The standard InChI is InChI=1S/C28H32N6O2/c1-18-8-5-6-9-20(18)17-34-25-23(31-32-34)26(35)30-24(29-25)21-10-7-15-33(16-21)27(36)19-11-13-22(14-12-19)28(2,3)4/h5-6,8-9,11-14,21H,7,10,15-17H2,1-4H3,(H,29,30,35)/t21-/m0/s1. The number of likely N-dealkylation sites (tertiary alicyclic amines) is 1. The van der Waals surface area contributed by atoms with Gasteiger partial charge in [0.15, 0.2) is 11.2 Å². The van der Waals surface area contributed by atoms with Crippen LogP contribution in [0.1, 0.15) is 72.4 Å². The lowest BCUT2D eigenvalue weighted by Gasteiger charge is -2.32. The minimum absolute atomic E-state index is 0.00912. The first-order valence-electron chi connectivity index (χ1n) is 12.5. The second-order valence-corrected chi connectivity index (χ2v) is 10.7. The summed E-state index contributed by atoms with van der Waals surface area (Å²) in [5.74, 6) is 0.534.